The Morgan fingerprint density at radius 2 is 1.09 bits per heavy atom. The van der Waals surface area contributed by atoms with E-state index in [4.69, 9.17) is 38.1 Å². The summed E-state index contributed by atoms with van der Waals surface area (Å²) in [6.07, 6.45) is 1.70. The molecule has 0 amide bonds. The molecule has 0 aliphatic carbocycles. The van der Waals surface area contributed by atoms with E-state index in [9.17, 15) is 0 Å². The van der Waals surface area contributed by atoms with Crippen molar-refractivity contribution in [2.45, 2.75) is 25.7 Å². The molecule has 9 nitrogen and oxygen atoms in total. The summed E-state index contributed by atoms with van der Waals surface area (Å²) >= 11 is 0. The number of ketones is 1. The highest BCUT2D eigenvalue weighted by Crippen LogP contribution is 2.42. The van der Waals surface area contributed by atoms with Gasteiger partial charge in [0.1, 0.15) is 31.3 Å². The van der Waals surface area contributed by atoms with Crippen LogP contribution in [0.2, 0.25) is 0 Å². The number of aromatic nitrogens is 1. The molecule has 0 N–H and O–H groups in total. The summed E-state index contributed by atoms with van der Waals surface area (Å²) < 4.78 is 41.6. The van der Waals surface area contributed by atoms with E-state index < -0.39 is 5.92 Å². The third-order valence-electron chi connectivity index (χ3n) is 9.41. The second kappa shape index (κ2) is 18.7. The number of carbonyl (C=O) groups is 1. The predicted molar refractivity (Wildman–Crippen MR) is 219 cm³/mol. The molecule has 1 atom stereocenters. The van der Waals surface area contributed by atoms with Crippen molar-refractivity contribution >= 4 is 16.6 Å². The van der Waals surface area contributed by atoms with Gasteiger partial charge in [0.25, 0.3) is 0 Å². The maximum atomic E-state index is 15.3. The molecule has 0 saturated carbocycles. The van der Waals surface area contributed by atoms with Gasteiger partial charge in [0.15, 0.2) is 35.6 Å². The normalized spacial score (nSPS) is 11.4. The van der Waals surface area contributed by atoms with Crippen LogP contribution in [0.15, 0.2) is 152 Å². The highest BCUT2D eigenvalue weighted by Gasteiger charge is 2.31. The van der Waals surface area contributed by atoms with Crippen LogP contribution in [-0.2, 0) is 24.6 Å². The number of pyridine rings is 1. The molecule has 0 aliphatic heterocycles. The number of hydrogen-bond donors (Lipinski definition) is 0. The van der Waals surface area contributed by atoms with Gasteiger partial charge in [-0.15, -0.1) is 0 Å². The van der Waals surface area contributed by atoms with Gasteiger partial charge in [0.05, 0.1) is 31.4 Å². The van der Waals surface area contributed by atoms with Crippen LogP contribution in [0, 0.1) is 0 Å². The molecular weight excluding hydrogens is 719 g/mol. The number of fused-ring (bicyclic) bond motifs is 1. The molecule has 1 unspecified atom stereocenters. The van der Waals surface area contributed by atoms with Crippen LogP contribution in [0.1, 0.15) is 44.2 Å². The lowest BCUT2D eigenvalue weighted by Crippen LogP contribution is -2.18. The van der Waals surface area contributed by atoms with Crippen molar-refractivity contribution in [3.8, 4) is 34.5 Å². The van der Waals surface area contributed by atoms with E-state index in [0.717, 1.165) is 27.5 Å². The molecule has 0 saturated heterocycles. The standard InChI is InChI=1S/C48H43NO8/c1-51-32-57-41-28-45(56-31-35-17-11-6-12-18-35)43(53-3)27-40(41)48(50)46(36-19-21-38(22-20-36)54-29-33-13-7-4-8-14-33)47-39-26-42(52-2)44(25-37(39)23-24-49-47)55-30-34-15-9-5-10-16-34/h4-28,46H,29-32H2,1-3H3. The van der Waals surface area contributed by atoms with E-state index in [0.29, 0.717) is 53.2 Å². The average molecular weight is 762 g/mol. The van der Waals surface area contributed by atoms with Gasteiger partial charge in [-0.2, -0.15) is 0 Å². The van der Waals surface area contributed by atoms with Gasteiger partial charge >= 0.3 is 0 Å². The van der Waals surface area contributed by atoms with Gasteiger partial charge in [-0.1, -0.05) is 103 Å². The smallest absolute Gasteiger partial charge is 0.188 e. The Morgan fingerprint density at radius 3 is 1.65 bits per heavy atom. The van der Waals surface area contributed by atoms with Crippen LogP contribution < -0.4 is 28.4 Å². The van der Waals surface area contributed by atoms with Crippen LogP contribution in [0.4, 0.5) is 0 Å². The first-order chi connectivity index (χ1) is 28.0. The number of benzene rings is 6. The molecule has 7 aromatic rings. The Bertz CT molecular complexity index is 2390. The molecule has 1 aromatic heterocycles. The van der Waals surface area contributed by atoms with Crippen molar-refractivity contribution in [2.75, 3.05) is 28.1 Å². The van der Waals surface area contributed by atoms with Crippen LogP contribution in [0.3, 0.4) is 0 Å². The van der Waals surface area contributed by atoms with Crippen LogP contribution in [-0.4, -0.2) is 38.9 Å². The van der Waals surface area contributed by atoms with E-state index in [1.807, 2.05) is 133 Å². The number of Topliss-reactive ketones (excluding diaryl/α,β-unsaturated/α-hetero) is 1. The fourth-order valence-electron chi connectivity index (χ4n) is 6.51. The third-order valence-corrected chi connectivity index (χ3v) is 9.41. The number of nitrogens with zero attached hydrogens (tertiary/aromatic N) is 1. The van der Waals surface area contributed by atoms with Gasteiger partial charge in [-0.25, -0.2) is 0 Å². The zero-order chi connectivity index (χ0) is 39.4. The van der Waals surface area contributed by atoms with Crippen molar-refractivity contribution in [1.82, 2.24) is 4.98 Å². The first-order valence-electron chi connectivity index (χ1n) is 18.5. The fourth-order valence-corrected chi connectivity index (χ4v) is 6.51. The number of carbonyl (C=O) groups excluding carboxylic acids is 1. The Balaban J connectivity index is 1.30. The lowest BCUT2D eigenvalue weighted by atomic mass is 9.85. The minimum atomic E-state index is -0.900. The molecular formula is C48H43NO8. The van der Waals surface area contributed by atoms with E-state index in [1.54, 1.807) is 25.4 Å². The van der Waals surface area contributed by atoms with Crippen LogP contribution >= 0.6 is 0 Å². The molecule has 7 rings (SSSR count). The number of methoxy groups -OCH3 is 3. The van der Waals surface area contributed by atoms with Gasteiger partial charge in [-0.05, 0) is 64.0 Å². The van der Waals surface area contributed by atoms with Crippen molar-refractivity contribution in [3.05, 3.63) is 185 Å². The first kappa shape index (κ1) is 38.4. The van der Waals surface area contributed by atoms with Crippen LogP contribution in [0.25, 0.3) is 10.8 Å². The molecule has 0 radical (unpaired) electrons. The highest BCUT2D eigenvalue weighted by molar-refractivity contribution is 6.07. The lowest BCUT2D eigenvalue weighted by molar-refractivity contribution is 0.0499. The monoisotopic (exact) mass is 761 g/mol. The minimum absolute atomic E-state index is 0.0989. The molecule has 0 bridgehead atoms. The molecule has 0 aliphatic rings. The highest BCUT2D eigenvalue weighted by atomic mass is 16.7. The maximum Gasteiger partial charge on any atom is 0.188 e. The van der Waals surface area contributed by atoms with Gasteiger partial charge < -0.3 is 33.2 Å². The van der Waals surface area contributed by atoms with Crippen molar-refractivity contribution < 1.29 is 38.0 Å². The summed E-state index contributed by atoms with van der Waals surface area (Å²) in [5.41, 5.74) is 4.51. The van der Waals surface area contributed by atoms with E-state index in [2.05, 4.69) is 0 Å². The Kier molecular flexibility index (Phi) is 12.6. The van der Waals surface area contributed by atoms with E-state index >= 15 is 4.79 Å². The molecule has 288 valence electrons. The molecule has 6 aromatic carbocycles. The summed E-state index contributed by atoms with van der Waals surface area (Å²) in [5, 5.41) is 1.54. The van der Waals surface area contributed by atoms with Crippen molar-refractivity contribution in [1.29, 1.82) is 0 Å². The Labute approximate surface area is 332 Å². The molecule has 1 heterocycles. The number of hydrogen-bond acceptors (Lipinski definition) is 9. The van der Waals surface area contributed by atoms with Crippen molar-refractivity contribution in [2.24, 2.45) is 0 Å². The fraction of sp³-hybridized carbons (Fsp3) is 0.167. The summed E-state index contributed by atoms with van der Waals surface area (Å²) in [6, 6.07) is 46.2. The SMILES string of the molecule is COCOc1cc(OCc2ccccc2)c(OC)cc1C(=O)C(c1ccc(OCc2ccccc2)cc1)c1nccc2cc(OCc3ccccc3)c(OC)cc12. The Morgan fingerprint density at radius 1 is 0.544 bits per heavy atom. The Hall–Kier alpha value is -6.84. The molecule has 0 fully saturated rings. The first-order valence-corrected chi connectivity index (χ1v) is 18.5. The summed E-state index contributed by atoms with van der Waals surface area (Å²) in [5.74, 6) is 1.61. The van der Waals surface area contributed by atoms with Gasteiger partial charge in [0, 0.05) is 24.8 Å². The molecule has 57 heavy (non-hydrogen) atoms. The molecule has 9 heteroatoms. The van der Waals surface area contributed by atoms with E-state index in [1.165, 1.54) is 14.2 Å². The van der Waals surface area contributed by atoms with Crippen LogP contribution in [0.5, 0.6) is 34.5 Å². The van der Waals surface area contributed by atoms with Crippen molar-refractivity contribution in [3.63, 3.8) is 0 Å². The summed E-state index contributed by atoms with van der Waals surface area (Å²) in [7, 11) is 4.65. The largest absolute Gasteiger partial charge is 0.493 e. The zero-order valence-corrected chi connectivity index (χ0v) is 32.1. The summed E-state index contributed by atoms with van der Waals surface area (Å²) in [4.78, 5) is 20.1. The van der Waals surface area contributed by atoms with Gasteiger partial charge in [-0.3, -0.25) is 9.78 Å². The average Bonchev–Trinajstić information content (AvgIpc) is 3.27. The van der Waals surface area contributed by atoms with E-state index in [-0.39, 0.29) is 30.5 Å². The lowest BCUT2D eigenvalue weighted by Gasteiger charge is -2.22. The topological polar surface area (TPSA) is 94.6 Å². The minimum Gasteiger partial charge on any atom is -0.493 e. The second-order valence-electron chi connectivity index (χ2n) is 13.2. The maximum absolute atomic E-state index is 15.3. The van der Waals surface area contributed by atoms with Gasteiger partial charge in [0.2, 0.25) is 0 Å². The predicted octanol–water partition coefficient (Wildman–Crippen LogP) is 9.99. The number of ether oxygens (including phenoxy) is 7. The second-order valence-corrected chi connectivity index (χ2v) is 13.2. The number of rotatable bonds is 18. The zero-order valence-electron chi connectivity index (χ0n) is 32.1. The molecule has 0 spiro atoms. The summed E-state index contributed by atoms with van der Waals surface area (Å²) in [6.45, 7) is 0.949. The third kappa shape index (κ3) is 9.35. The quantitative estimate of drug-likeness (QED) is 0.0626.